The van der Waals surface area contributed by atoms with Crippen molar-refractivity contribution in [3.8, 4) is 5.75 Å². The Balaban J connectivity index is 2.30. The molecule has 0 spiro atoms. The van der Waals surface area contributed by atoms with E-state index < -0.39 is 28.0 Å². The molecule has 0 unspecified atom stereocenters. The molecule has 152 valence electrons. The molecule has 1 N–H and O–H groups in total. The number of hydrogen-bond donors (Lipinski definition) is 1. The van der Waals surface area contributed by atoms with Crippen LogP contribution in [0.3, 0.4) is 0 Å². The summed E-state index contributed by atoms with van der Waals surface area (Å²) in [6, 6.07) is 10.3. The van der Waals surface area contributed by atoms with Gasteiger partial charge in [0.05, 0.1) is 10.6 Å². The van der Waals surface area contributed by atoms with E-state index in [1.54, 1.807) is 13.8 Å². The summed E-state index contributed by atoms with van der Waals surface area (Å²) in [5, 5.41) is 2.31. The second-order valence-electron chi connectivity index (χ2n) is 5.62. The maximum Gasteiger partial charge on any atom is 0.573 e. The first-order valence-corrected chi connectivity index (χ1v) is 9.78. The number of hydrogen-bond acceptors (Lipinski definition) is 4. The Morgan fingerprint density at radius 2 is 1.71 bits per heavy atom. The first-order chi connectivity index (χ1) is 13.1. The predicted octanol–water partition coefficient (Wildman–Crippen LogP) is 3.87. The molecular formula is C18H19F3N2O4S. The standard InChI is InChI=1S/C18H19F3N2O4S/c1-3-23(4-2)28(25,26)14-9-7-8-13(12-14)17(24)22-15-10-5-6-11-16(15)27-18(19,20)21/h5-12H,3-4H2,1-2H3,(H,22,24). The fourth-order valence-corrected chi connectivity index (χ4v) is 3.99. The molecule has 0 fully saturated rings. The van der Waals surface area contributed by atoms with E-state index >= 15 is 0 Å². The Labute approximate surface area is 161 Å². The lowest BCUT2D eigenvalue weighted by Gasteiger charge is -2.19. The zero-order valence-corrected chi connectivity index (χ0v) is 16.0. The summed E-state index contributed by atoms with van der Waals surface area (Å²) in [6.07, 6.45) is -4.92. The Bertz CT molecular complexity index is 942. The van der Waals surface area contributed by atoms with Crippen molar-refractivity contribution in [1.82, 2.24) is 4.31 Å². The first-order valence-electron chi connectivity index (χ1n) is 8.34. The fourth-order valence-electron chi connectivity index (χ4n) is 2.49. The molecule has 0 heterocycles. The van der Waals surface area contributed by atoms with Crippen LogP contribution in [-0.4, -0.2) is 38.1 Å². The maximum absolute atomic E-state index is 12.6. The van der Waals surface area contributed by atoms with Crippen LogP contribution in [-0.2, 0) is 10.0 Å². The van der Waals surface area contributed by atoms with E-state index in [4.69, 9.17) is 0 Å². The predicted molar refractivity (Wildman–Crippen MR) is 97.6 cm³/mol. The van der Waals surface area contributed by atoms with Gasteiger partial charge in [0.1, 0.15) is 0 Å². The van der Waals surface area contributed by atoms with Gasteiger partial charge in [-0.1, -0.05) is 32.0 Å². The third-order valence-electron chi connectivity index (χ3n) is 3.80. The lowest BCUT2D eigenvalue weighted by atomic mass is 10.2. The number of rotatable bonds is 7. The summed E-state index contributed by atoms with van der Waals surface area (Å²) < 4.78 is 67.8. The minimum atomic E-state index is -4.92. The molecule has 0 saturated carbocycles. The van der Waals surface area contributed by atoms with E-state index in [2.05, 4.69) is 10.1 Å². The van der Waals surface area contributed by atoms with Gasteiger partial charge in [-0.3, -0.25) is 4.79 Å². The van der Waals surface area contributed by atoms with Gasteiger partial charge in [-0.15, -0.1) is 13.2 Å². The molecule has 0 aromatic heterocycles. The minimum Gasteiger partial charge on any atom is -0.404 e. The van der Waals surface area contributed by atoms with E-state index in [1.807, 2.05) is 0 Å². The third-order valence-corrected chi connectivity index (χ3v) is 5.85. The lowest BCUT2D eigenvalue weighted by molar-refractivity contribution is -0.274. The van der Waals surface area contributed by atoms with Gasteiger partial charge in [0, 0.05) is 18.7 Å². The molecule has 28 heavy (non-hydrogen) atoms. The monoisotopic (exact) mass is 416 g/mol. The quantitative estimate of drug-likeness (QED) is 0.744. The fraction of sp³-hybridized carbons (Fsp3) is 0.278. The van der Waals surface area contributed by atoms with E-state index in [-0.39, 0.29) is 29.2 Å². The van der Waals surface area contributed by atoms with Crippen molar-refractivity contribution in [2.45, 2.75) is 25.1 Å². The van der Waals surface area contributed by atoms with Crippen LogP contribution in [0.15, 0.2) is 53.4 Å². The highest BCUT2D eigenvalue weighted by Crippen LogP contribution is 2.30. The molecule has 0 aliphatic heterocycles. The molecule has 0 atom stereocenters. The molecule has 2 rings (SSSR count). The van der Waals surface area contributed by atoms with Crippen LogP contribution in [0.2, 0.25) is 0 Å². The van der Waals surface area contributed by atoms with Gasteiger partial charge in [0.2, 0.25) is 10.0 Å². The second kappa shape index (κ2) is 8.61. The smallest absolute Gasteiger partial charge is 0.404 e. The van der Waals surface area contributed by atoms with E-state index in [0.717, 1.165) is 6.07 Å². The van der Waals surface area contributed by atoms with Gasteiger partial charge in [-0.2, -0.15) is 4.31 Å². The van der Waals surface area contributed by atoms with Crippen LogP contribution in [0, 0.1) is 0 Å². The number of carbonyl (C=O) groups excluding carboxylic acids is 1. The summed E-state index contributed by atoms with van der Waals surface area (Å²) in [6.45, 7) is 3.90. The highest BCUT2D eigenvalue weighted by atomic mass is 32.2. The number of amides is 1. The summed E-state index contributed by atoms with van der Waals surface area (Å²) in [7, 11) is -3.78. The Morgan fingerprint density at radius 3 is 2.32 bits per heavy atom. The highest BCUT2D eigenvalue weighted by Gasteiger charge is 2.32. The first kappa shape index (κ1) is 21.7. The topological polar surface area (TPSA) is 75.7 Å². The average molecular weight is 416 g/mol. The molecule has 0 saturated heterocycles. The summed E-state index contributed by atoms with van der Waals surface area (Å²) in [5.41, 5.74) is -0.211. The van der Waals surface area contributed by atoms with Crippen LogP contribution in [0.25, 0.3) is 0 Å². The Kier molecular flexibility index (Phi) is 6.68. The van der Waals surface area contributed by atoms with Gasteiger partial charge < -0.3 is 10.1 Å². The third kappa shape index (κ3) is 5.23. The van der Waals surface area contributed by atoms with Crippen LogP contribution in [0.5, 0.6) is 5.75 Å². The molecule has 6 nitrogen and oxygen atoms in total. The zero-order valence-electron chi connectivity index (χ0n) is 15.2. The van der Waals surface area contributed by atoms with Crippen molar-refractivity contribution in [3.63, 3.8) is 0 Å². The number of alkyl halides is 3. The number of para-hydroxylation sites is 2. The van der Waals surface area contributed by atoms with Crippen molar-refractivity contribution in [1.29, 1.82) is 0 Å². The van der Waals surface area contributed by atoms with E-state index in [1.165, 1.54) is 46.8 Å². The van der Waals surface area contributed by atoms with E-state index in [0.29, 0.717) is 0 Å². The highest BCUT2D eigenvalue weighted by molar-refractivity contribution is 7.89. The Morgan fingerprint density at radius 1 is 1.07 bits per heavy atom. The molecular weight excluding hydrogens is 397 g/mol. The van der Waals surface area contributed by atoms with Crippen molar-refractivity contribution >= 4 is 21.6 Å². The average Bonchev–Trinajstić information content (AvgIpc) is 2.63. The van der Waals surface area contributed by atoms with Crippen LogP contribution in [0.1, 0.15) is 24.2 Å². The van der Waals surface area contributed by atoms with Crippen LogP contribution in [0.4, 0.5) is 18.9 Å². The molecule has 0 aliphatic carbocycles. The molecule has 2 aromatic rings. The normalized spacial score (nSPS) is 12.1. The van der Waals surface area contributed by atoms with Crippen molar-refractivity contribution in [3.05, 3.63) is 54.1 Å². The van der Waals surface area contributed by atoms with Gasteiger partial charge in [0.25, 0.3) is 5.91 Å². The summed E-state index contributed by atoms with van der Waals surface area (Å²) >= 11 is 0. The van der Waals surface area contributed by atoms with Gasteiger partial charge in [-0.05, 0) is 30.3 Å². The van der Waals surface area contributed by atoms with Crippen LogP contribution < -0.4 is 10.1 Å². The molecule has 0 bridgehead atoms. The Hall–Kier alpha value is -2.59. The maximum atomic E-state index is 12.6. The number of carbonyl (C=O) groups is 1. The second-order valence-corrected chi connectivity index (χ2v) is 7.55. The number of benzene rings is 2. The lowest BCUT2D eigenvalue weighted by Crippen LogP contribution is -2.30. The SMILES string of the molecule is CCN(CC)S(=O)(=O)c1cccc(C(=O)Nc2ccccc2OC(F)(F)F)c1. The van der Waals surface area contributed by atoms with Crippen molar-refractivity contribution in [2.24, 2.45) is 0 Å². The summed E-state index contributed by atoms with van der Waals surface area (Å²) in [5.74, 6) is -1.34. The zero-order chi connectivity index (χ0) is 20.9. The van der Waals surface area contributed by atoms with Crippen molar-refractivity contribution < 1.29 is 31.1 Å². The summed E-state index contributed by atoms with van der Waals surface area (Å²) in [4.78, 5) is 12.4. The van der Waals surface area contributed by atoms with Gasteiger partial charge in [-0.25, -0.2) is 8.42 Å². The molecule has 10 heteroatoms. The number of nitrogens with one attached hydrogen (secondary N) is 1. The minimum absolute atomic E-state index is 0.0185. The number of nitrogens with zero attached hydrogens (tertiary/aromatic N) is 1. The van der Waals surface area contributed by atoms with Gasteiger partial charge in [0.15, 0.2) is 5.75 Å². The van der Waals surface area contributed by atoms with Gasteiger partial charge >= 0.3 is 6.36 Å². The van der Waals surface area contributed by atoms with E-state index in [9.17, 15) is 26.4 Å². The van der Waals surface area contributed by atoms with Crippen molar-refractivity contribution in [2.75, 3.05) is 18.4 Å². The van der Waals surface area contributed by atoms with Crippen LogP contribution >= 0.6 is 0 Å². The number of ether oxygens (including phenoxy) is 1. The number of halogens is 3. The molecule has 0 radical (unpaired) electrons. The largest absolute Gasteiger partial charge is 0.573 e. The molecule has 0 aliphatic rings. The molecule has 1 amide bonds. The number of sulfonamides is 1. The number of anilines is 1. The molecule has 2 aromatic carbocycles.